The fraction of sp³-hybridized carbons (Fsp3) is 0.154. The van der Waals surface area contributed by atoms with E-state index in [-0.39, 0.29) is 18.1 Å². The van der Waals surface area contributed by atoms with Crippen LogP contribution in [0.25, 0.3) is 0 Å². The number of pyridine rings is 2. The van der Waals surface area contributed by atoms with Crippen LogP contribution in [0.1, 0.15) is 23.2 Å². The van der Waals surface area contributed by atoms with Crippen molar-refractivity contribution in [2.75, 3.05) is 0 Å². The van der Waals surface area contributed by atoms with Gasteiger partial charge in [-0.3, -0.25) is 14.6 Å². The Morgan fingerprint density at radius 1 is 1.09 bits per heavy atom. The van der Waals surface area contributed by atoms with Crippen LogP contribution in [0.4, 0.5) is 0 Å². The van der Waals surface area contributed by atoms with Gasteiger partial charge >= 0.3 is 0 Å². The highest BCUT2D eigenvalue weighted by molar-refractivity contribution is 8.01. The molecule has 2 atom stereocenters. The first-order valence-electron chi connectivity index (χ1n) is 10.8. The Balaban J connectivity index is 1.44. The monoisotopic (exact) mass is 521 g/mol. The largest absolute Gasteiger partial charge is 0.473 e. The number of carbonyl (C=O) groups is 2. The number of thiophene rings is 1. The molecule has 35 heavy (non-hydrogen) atoms. The highest BCUT2D eigenvalue weighted by atomic mass is 35.5. The number of halogens is 1. The average molecular weight is 522 g/mol. The minimum absolute atomic E-state index is 0.0679. The van der Waals surface area contributed by atoms with Crippen LogP contribution in [-0.4, -0.2) is 26.9 Å². The van der Waals surface area contributed by atoms with Gasteiger partial charge in [0.25, 0.3) is 0 Å². The Kier molecular flexibility index (Phi) is 6.86. The summed E-state index contributed by atoms with van der Waals surface area (Å²) < 4.78 is 5.90. The van der Waals surface area contributed by atoms with Crippen molar-refractivity contribution in [2.45, 2.75) is 28.7 Å². The topological polar surface area (TPSA) is 81.2 Å². The summed E-state index contributed by atoms with van der Waals surface area (Å²) in [6.07, 6.45) is 3.47. The van der Waals surface area contributed by atoms with E-state index in [2.05, 4.69) is 10.3 Å². The second kappa shape index (κ2) is 10.2. The SMILES string of the molecule is O=C1CC(c2ccsc2)(c2cccc(OCc3ccncc3)n2)NC(=O)C1Sc1ccccc1Cl. The standard InChI is InChI=1S/C26H20ClN3O3S2/c27-19-4-1-2-5-21(19)35-24-20(31)14-26(30-25(24)32,18-10-13-34-16-18)22-6-3-7-23(29-22)33-15-17-8-11-28-12-9-17/h1-13,16,24H,14-15H2,(H,30,32). The minimum atomic E-state index is -1.08. The lowest BCUT2D eigenvalue weighted by Gasteiger charge is -2.39. The lowest BCUT2D eigenvalue weighted by Crippen LogP contribution is -2.58. The van der Waals surface area contributed by atoms with E-state index in [1.54, 1.807) is 30.6 Å². The zero-order chi connectivity index (χ0) is 24.3. The molecule has 4 heterocycles. The van der Waals surface area contributed by atoms with E-state index in [0.29, 0.717) is 28.1 Å². The summed E-state index contributed by atoms with van der Waals surface area (Å²) in [6.45, 7) is 0.326. The van der Waals surface area contributed by atoms with Crippen LogP contribution in [0.5, 0.6) is 5.88 Å². The minimum Gasteiger partial charge on any atom is -0.473 e. The molecule has 6 nitrogen and oxygen atoms in total. The summed E-state index contributed by atoms with van der Waals surface area (Å²) in [5.41, 5.74) is 1.23. The van der Waals surface area contributed by atoms with Crippen LogP contribution in [0.3, 0.4) is 0 Å². The summed E-state index contributed by atoms with van der Waals surface area (Å²) in [6, 6.07) is 18.2. The second-order valence-corrected chi connectivity index (χ2v) is 10.3. The van der Waals surface area contributed by atoms with E-state index >= 15 is 0 Å². The van der Waals surface area contributed by atoms with Gasteiger partial charge in [-0.2, -0.15) is 11.3 Å². The lowest BCUT2D eigenvalue weighted by molar-refractivity contribution is -0.133. The molecule has 5 rings (SSSR count). The zero-order valence-electron chi connectivity index (χ0n) is 18.4. The quantitative estimate of drug-likeness (QED) is 0.334. The van der Waals surface area contributed by atoms with Crippen molar-refractivity contribution in [3.05, 3.63) is 106 Å². The average Bonchev–Trinajstić information content (AvgIpc) is 3.42. The lowest BCUT2D eigenvalue weighted by atomic mass is 9.79. The molecule has 9 heteroatoms. The number of benzene rings is 1. The van der Waals surface area contributed by atoms with Crippen LogP contribution in [0, 0.1) is 0 Å². The van der Waals surface area contributed by atoms with Crippen LogP contribution >= 0.6 is 34.7 Å². The van der Waals surface area contributed by atoms with Crippen molar-refractivity contribution in [1.82, 2.24) is 15.3 Å². The molecule has 1 aromatic carbocycles. The number of hydrogen-bond donors (Lipinski definition) is 1. The number of ketones is 1. The molecule has 0 bridgehead atoms. The Labute approximate surface area is 215 Å². The number of Topliss-reactive ketones (excluding diaryl/α,β-unsaturated/α-hetero) is 1. The highest BCUT2D eigenvalue weighted by Gasteiger charge is 2.48. The van der Waals surface area contributed by atoms with Gasteiger partial charge in [-0.1, -0.05) is 29.8 Å². The van der Waals surface area contributed by atoms with E-state index in [0.717, 1.165) is 11.1 Å². The normalized spacial score (nSPS) is 19.9. The van der Waals surface area contributed by atoms with Crippen LogP contribution in [0.15, 0.2) is 88.7 Å². The smallest absolute Gasteiger partial charge is 0.242 e. The van der Waals surface area contributed by atoms with Crippen LogP contribution in [-0.2, 0) is 21.7 Å². The van der Waals surface area contributed by atoms with Gasteiger partial charge in [0.15, 0.2) is 5.78 Å². The fourth-order valence-electron chi connectivity index (χ4n) is 3.96. The van der Waals surface area contributed by atoms with E-state index in [4.69, 9.17) is 21.3 Å². The number of nitrogens with one attached hydrogen (secondary N) is 1. The van der Waals surface area contributed by atoms with E-state index in [1.165, 1.54) is 23.1 Å². The third kappa shape index (κ3) is 4.96. The summed E-state index contributed by atoms with van der Waals surface area (Å²) >= 11 is 8.94. The van der Waals surface area contributed by atoms with E-state index in [1.807, 2.05) is 53.2 Å². The van der Waals surface area contributed by atoms with E-state index in [9.17, 15) is 9.59 Å². The Hall–Kier alpha value is -3.20. The number of hydrogen-bond acceptors (Lipinski definition) is 7. The van der Waals surface area contributed by atoms with Crippen molar-refractivity contribution < 1.29 is 14.3 Å². The zero-order valence-corrected chi connectivity index (χ0v) is 20.8. The molecule has 1 N–H and O–H groups in total. The first-order chi connectivity index (χ1) is 17.0. The highest BCUT2D eigenvalue weighted by Crippen LogP contribution is 2.41. The molecular weight excluding hydrogens is 502 g/mol. The molecule has 1 aliphatic heterocycles. The maximum absolute atomic E-state index is 13.4. The molecule has 0 spiro atoms. The fourth-order valence-corrected chi connectivity index (χ4v) is 5.93. The number of amides is 1. The number of carbonyl (C=O) groups excluding carboxylic acids is 2. The maximum Gasteiger partial charge on any atom is 0.242 e. The third-order valence-electron chi connectivity index (χ3n) is 5.70. The van der Waals surface area contributed by atoms with Crippen molar-refractivity contribution in [3.63, 3.8) is 0 Å². The summed E-state index contributed by atoms with van der Waals surface area (Å²) in [5.74, 6) is -0.153. The molecular formula is C26H20ClN3O3S2. The van der Waals surface area contributed by atoms with Gasteiger partial charge < -0.3 is 10.1 Å². The molecule has 3 aromatic heterocycles. The van der Waals surface area contributed by atoms with Crippen molar-refractivity contribution in [2.24, 2.45) is 0 Å². The number of ether oxygens (including phenoxy) is 1. The molecule has 1 amide bonds. The molecule has 1 saturated heterocycles. The molecule has 1 aliphatic rings. The Morgan fingerprint density at radius 3 is 2.66 bits per heavy atom. The van der Waals surface area contributed by atoms with Crippen molar-refractivity contribution in [1.29, 1.82) is 0 Å². The summed E-state index contributed by atoms with van der Waals surface area (Å²) in [7, 11) is 0. The maximum atomic E-state index is 13.4. The number of piperidine rings is 1. The number of rotatable bonds is 7. The van der Waals surface area contributed by atoms with Gasteiger partial charge in [-0.05, 0) is 58.3 Å². The molecule has 176 valence electrons. The Morgan fingerprint density at radius 2 is 1.91 bits per heavy atom. The van der Waals surface area contributed by atoms with Gasteiger partial charge in [-0.15, -0.1) is 11.8 Å². The van der Waals surface area contributed by atoms with Gasteiger partial charge in [0.05, 0.1) is 10.7 Å². The van der Waals surface area contributed by atoms with Crippen LogP contribution < -0.4 is 10.1 Å². The van der Waals surface area contributed by atoms with Gasteiger partial charge in [0.1, 0.15) is 17.4 Å². The van der Waals surface area contributed by atoms with Gasteiger partial charge in [-0.25, -0.2) is 4.98 Å². The Bertz CT molecular complexity index is 1330. The number of aromatic nitrogens is 2. The van der Waals surface area contributed by atoms with Crippen LogP contribution in [0.2, 0.25) is 5.02 Å². The van der Waals surface area contributed by atoms with Gasteiger partial charge in [0.2, 0.25) is 11.8 Å². The second-order valence-electron chi connectivity index (χ2n) is 7.98. The molecule has 1 fully saturated rings. The first kappa shape index (κ1) is 23.5. The predicted octanol–water partition coefficient (Wildman–Crippen LogP) is 5.26. The van der Waals surface area contributed by atoms with E-state index < -0.39 is 10.8 Å². The third-order valence-corrected chi connectivity index (χ3v) is 8.15. The number of nitrogens with zero attached hydrogens (tertiary/aromatic N) is 2. The number of thioether (sulfide) groups is 1. The summed E-state index contributed by atoms with van der Waals surface area (Å²) in [5, 5.41) is 6.59. The van der Waals surface area contributed by atoms with Crippen molar-refractivity contribution >= 4 is 46.4 Å². The molecule has 2 unspecified atom stereocenters. The predicted molar refractivity (Wildman–Crippen MR) is 137 cm³/mol. The van der Waals surface area contributed by atoms with Crippen molar-refractivity contribution in [3.8, 4) is 5.88 Å². The van der Waals surface area contributed by atoms with Gasteiger partial charge in [0, 0.05) is 29.8 Å². The first-order valence-corrected chi connectivity index (χ1v) is 13.0. The molecule has 0 saturated carbocycles. The molecule has 0 aliphatic carbocycles. The molecule has 4 aromatic rings. The molecule has 0 radical (unpaired) electrons. The summed E-state index contributed by atoms with van der Waals surface area (Å²) in [4.78, 5) is 36.2.